The molecule has 1 heterocycles. The Morgan fingerprint density at radius 1 is 1.26 bits per heavy atom. The lowest BCUT2D eigenvalue weighted by atomic mass is 10.1. The summed E-state index contributed by atoms with van der Waals surface area (Å²) >= 11 is 7.27. The van der Waals surface area contributed by atoms with Crippen LogP contribution in [0.4, 0.5) is 5.69 Å². The fourth-order valence-electron chi connectivity index (χ4n) is 2.93. The minimum atomic E-state index is -0.148. The third-order valence-corrected chi connectivity index (χ3v) is 5.58. The van der Waals surface area contributed by atoms with E-state index in [0.29, 0.717) is 28.2 Å². The van der Waals surface area contributed by atoms with Gasteiger partial charge in [0.15, 0.2) is 11.0 Å². The number of nitrogens with zero attached hydrogens (tertiary/aromatic N) is 3. The number of ether oxygens (including phenoxy) is 1. The van der Waals surface area contributed by atoms with E-state index >= 15 is 0 Å². The number of nitrogens with one attached hydrogen (secondary N) is 1. The van der Waals surface area contributed by atoms with Crippen molar-refractivity contribution >= 4 is 35.0 Å². The van der Waals surface area contributed by atoms with Gasteiger partial charge in [0.25, 0.3) is 0 Å². The molecule has 1 N–H and O–H groups in total. The van der Waals surface area contributed by atoms with E-state index in [4.69, 9.17) is 16.3 Å². The number of carbonyl (C=O) groups is 1. The molecule has 3 aromatic rings. The van der Waals surface area contributed by atoms with Gasteiger partial charge in [0.2, 0.25) is 5.91 Å². The van der Waals surface area contributed by atoms with E-state index in [1.54, 1.807) is 30.3 Å². The van der Waals surface area contributed by atoms with Crippen molar-refractivity contribution in [3.8, 4) is 5.75 Å². The van der Waals surface area contributed by atoms with Gasteiger partial charge in [-0.3, -0.25) is 9.36 Å². The zero-order valence-corrected chi connectivity index (χ0v) is 19.0. The van der Waals surface area contributed by atoms with Crippen molar-refractivity contribution in [1.82, 2.24) is 14.8 Å². The van der Waals surface area contributed by atoms with Crippen LogP contribution in [0.1, 0.15) is 24.7 Å². The van der Waals surface area contributed by atoms with Crippen LogP contribution in [0, 0.1) is 0 Å². The van der Waals surface area contributed by atoms with Gasteiger partial charge >= 0.3 is 0 Å². The van der Waals surface area contributed by atoms with E-state index in [0.717, 1.165) is 18.6 Å². The minimum absolute atomic E-state index is 0.148. The Labute approximate surface area is 191 Å². The molecule has 162 valence electrons. The second-order valence-electron chi connectivity index (χ2n) is 6.83. The Hall–Kier alpha value is -2.77. The first-order valence-electron chi connectivity index (χ1n) is 10.0. The summed E-state index contributed by atoms with van der Waals surface area (Å²) in [5.74, 6) is 1.51. The molecule has 31 heavy (non-hydrogen) atoms. The Balaban J connectivity index is 1.58. The number of aryl methyl sites for hydroxylation is 1. The molecule has 0 fully saturated rings. The van der Waals surface area contributed by atoms with Crippen LogP contribution in [0.3, 0.4) is 0 Å². The van der Waals surface area contributed by atoms with Gasteiger partial charge in [-0.2, -0.15) is 0 Å². The van der Waals surface area contributed by atoms with E-state index in [1.807, 2.05) is 16.7 Å². The molecule has 3 rings (SSSR count). The number of amides is 1. The number of hydrogen-bond acceptors (Lipinski definition) is 5. The molecule has 0 spiro atoms. The van der Waals surface area contributed by atoms with Crippen LogP contribution in [0.2, 0.25) is 5.02 Å². The van der Waals surface area contributed by atoms with Gasteiger partial charge in [-0.15, -0.1) is 16.8 Å². The van der Waals surface area contributed by atoms with Gasteiger partial charge < -0.3 is 10.1 Å². The highest BCUT2D eigenvalue weighted by molar-refractivity contribution is 7.99. The lowest BCUT2D eigenvalue weighted by molar-refractivity contribution is -0.113. The van der Waals surface area contributed by atoms with Gasteiger partial charge in [0.1, 0.15) is 12.4 Å². The second kappa shape index (κ2) is 11.6. The molecule has 1 aromatic heterocycles. The quantitative estimate of drug-likeness (QED) is 0.310. The molecule has 0 bridgehead atoms. The number of aromatic nitrogens is 3. The topological polar surface area (TPSA) is 69.0 Å². The Morgan fingerprint density at radius 3 is 2.77 bits per heavy atom. The van der Waals surface area contributed by atoms with E-state index in [9.17, 15) is 4.79 Å². The van der Waals surface area contributed by atoms with Crippen LogP contribution in [0.25, 0.3) is 0 Å². The highest BCUT2D eigenvalue weighted by atomic mass is 35.5. The standard InChI is InChI=1S/C23H25ClN4O2S/c1-3-6-17-9-11-20(12-10-17)30-15-21-26-27-23(28(21)13-4-2)31-16-22(29)25-19-8-5-7-18(24)14-19/h4-5,7-12,14H,2-3,6,13,15-16H2,1H3,(H,25,29). The summed E-state index contributed by atoms with van der Waals surface area (Å²) in [5.41, 5.74) is 1.95. The van der Waals surface area contributed by atoms with Gasteiger partial charge in [0.05, 0.1) is 5.75 Å². The van der Waals surface area contributed by atoms with Crippen LogP contribution < -0.4 is 10.1 Å². The Bertz CT molecular complexity index is 1020. The highest BCUT2D eigenvalue weighted by Crippen LogP contribution is 2.21. The molecule has 0 saturated carbocycles. The monoisotopic (exact) mass is 456 g/mol. The van der Waals surface area contributed by atoms with Crippen molar-refractivity contribution in [2.24, 2.45) is 0 Å². The first-order chi connectivity index (χ1) is 15.1. The molecule has 0 aliphatic carbocycles. The van der Waals surface area contributed by atoms with Crippen LogP contribution in [0.5, 0.6) is 5.75 Å². The summed E-state index contributed by atoms with van der Waals surface area (Å²) in [4.78, 5) is 12.3. The largest absolute Gasteiger partial charge is 0.486 e. The third kappa shape index (κ3) is 6.87. The lowest BCUT2D eigenvalue weighted by Crippen LogP contribution is -2.15. The normalized spacial score (nSPS) is 10.6. The number of benzene rings is 2. The van der Waals surface area contributed by atoms with E-state index in [1.165, 1.54) is 17.3 Å². The molecule has 0 unspecified atom stereocenters. The summed E-state index contributed by atoms with van der Waals surface area (Å²) in [5, 5.41) is 12.5. The minimum Gasteiger partial charge on any atom is -0.486 e. The molecule has 0 saturated heterocycles. The van der Waals surface area contributed by atoms with E-state index in [2.05, 4.69) is 41.1 Å². The average Bonchev–Trinajstić information content (AvgIpc) is 3.14. The van der Waals surface area contributed by atoms with Crippen molar-refractivity contribution in [2.45, 2.75) is 38.1 Å². The third-order valence-electron chi connectivity index (χ3n) is 4.38. The molecular formula is C23H25ClN4O2S. The number of rotatable bonds is 11. The van der Waals surface area contributed by atoms with Gasteiger partial charge in [-0.25, -0.2) is 0 Å². The zero-order chi connectivity index (χ0) is 22.1. The van der Waals surface area contributed by atoms with Crippen LogP contribution in [-0.4, -0.2) is 26.4 Å². The summed E-state index contributed by atoms with van der Waals surface area (Å²) in [6, 6.07) is 15.1. The number of halogens is 1. The smallest absolute Gasteiger partial charge is 0.234 e. The molecule has 0 aliphatic heterocycles. The molecular weight excluding hydrogens is 432 g/mol. The number of anilines is 1. The summed E-state index contributed by atoms with van der Waals surface area (Å²) in [6.07, 6.45) is 3.93. The molecule has 0 aliphatic rings. The fraction of sp³-hybridized carbons (Fsp3) is 0.261. The molecule has 0 atom stereocenters. The SMILES string of the molecule is C=CCn1c(COc2ccc(CCC)cc2)nnc1SCC(=O)Nc1cccc(Cl)c1. The maximum Gasteiger partial charge on any atom is 0.234 e. The summed E-state index contributed by atoms with van der Waals surface area (Å²) in [6.45, 7) is 6.77. The highest BCUT2D eigenvalue weighted by Gasteiger charge is 2.14. The van der Waals surface area contributed by atoms with Crippen molar-refractivity contribution in [1.29, 1.82) is 0 Å². The maximum absolute atomic E-state index is 12.3. The Kier molecular flexibility index (Phi) is 8.55. The van der Waals surface area contributed by atoms with Crippen molar-refractivity contribution in [3.05, 3.63) is 77.6 Å². The summed E-state index contributed by atoms with van der Waals surface area (Å²) < 4.78 is 7.78. The van der Waals surface area contributed by atoms with Gasteiger partial charge in [-0.1, -0.05) is 61.0 Å². The molecule has 8 heteroatoms. The second-order valence-corrected chi connectivity index (χ2v) is 8.21. The van der Waals surface area contributed by atoms with Crippen molar-refractivity contribution in [2.75, 3.05) is 11.1 Å². The lowest BCUT2D eigenvalue weighted by Gasteiger charge is -2.10. The molecule has 6 nitrogen and oxygen atoms in total. The Morgan fingerprint density at radius 2 is 2.06 bits per heavy atom. The van der Waals surface area contributed by atoms with Crippen molar-refractivity contribution in [3.63, 3.8) is 0 Å². The van der Waals surface area contributed by atoms with E-state index < -0.39 is 0 Å². The number of carbonyl (C=O) groups excluding carboxylic acids is 1. The zero-order valence-electron chi connectivity index (χ0n) is 17.4. The molecule has 0 radical (unpaired) electrons. The van der Waals surface area contributed by atoms with Gasteiger partial charge in [0, 0.05) is 17.3 Å². The van der Waals surface area contributed by atoms with Crippen LogP contribution >= 0.6 is 23.4 Å². The first kappa shape index (κ1) is 22.9. The van der Waals surface area contributed by atoms with Crippen molar-refractivity contribution < 1.29 is 9.53 Å². The predicted molar refractivity (Wildman–Crippen MR) is 126 cm³/mol. The van der Waals surface area contributed by atoms with Gasteiger partial charge in [-0.05, 0) is 42.3 Å². The van der Waals surface area contributed by atoms with E-state index in [-0.39, 0.29) is 18.3 Å². The first-order valence-corrected chi connectivity index (χ1v) is 11.4. The summed E-state index contributed by atoms with van der Waals surface area (Å²) in [7, 11) is 0. The number of hydrogen-bond donors (Lipinski definition) is 1. The maximum atomic E-state index is 12.3. The number of allylic oxidation sites excluding steroid dienone is 1. The molecule has 2 aromatic carbocycles. The molecule has 1 amide bonds. The van der Waals surface area contributed by atoms with Crippen LogP contribution in [-0.2, 0) is 24.4 Å². The fourth-order valence-corrected chi connectivity index (χ4v) is 3.88. The average molecular weight is 457 g/mol. The predicted octanol–water partition coefficient (Wildman–Crippen LogP) is 5.38. The van der Waals surface area contributed by atoms with Crippen LogP contribution in [0.15, 0.2) is 66.3 Å². The number of thioether (sulfide) groups is 1.